The molecular weight excluding hydrogens is 933 g/mol. The highest BCUT2D eigenvalue weighted by molar-refractivity contribution is 6.13. The first-order valence-electron chi connectivity index (χ1n) is 26.7. The number of para-hydroxylation sites is 3. The number of furan rings is 1. The fourth-order valence-electron chi connectivity index (χ4n) is 14.4. The van der Waals surface area contributed by atoms with E-state index in [1.54, 1.807) is 0 Å². The van der Waals surface area contributed by atoms with Crippen LogP contribution in [0.5, 0.6) is 0 Å². The second-order valence-electron chi connectivity index (χ2n) is 21.0. The Hall–Kier alpha value is -9.96. The first kappa shape index (κ1) is 42.4. The Balaban J connectivity index is 0.941. The zero-order valence-corrected chi connectivity index (χ0v) is 41.9. The summed E-state index contributed by atoms with van der Waals surface area (Å²) in [6.07, 6.45) is 0. The number of hydrogen-bond acceptors (Lipinski definition) is 2. The molecule has 0 atom stereocenters. The van der Waals surface area contributed by atoms with Crippen LogP contribution in [0, 0.1) is 0 Å². The number of aromatic nitrogens is 1. The molecule has 3 nitrogen and oxygen atoms in total. The predicted molar refractivity (Wildman–Crippen MR) is 316 cm³/mol. The van der Waals surface area contributed by atoms with Crippen LogP contribution in [-0.4, -0.2) is 4.57 Å². The zero-order valence-electron chi connectivity index (χ0n) is 41.9. The molecule has 0 radical (unpaired) electrons. The van der Waals surface area contributed by atoms with E-state index in [0.29, 0.717) is 0 Å². The third-order valence-electron chi connectivity index (χ3n) is 17.5. The average molecular weight is 979 g/mol. The van der Waals surface area contributed by atoms with Crippen LogP contribution in [0.1, 0.15) is 44.5 Å². The lowest BCUT2D eigenvalue weighted by atomic mass is 9.65. The Morgan fingerprint density at radius 1 is 0.299 bits per heavy atom. The third kappa shape index (κ3) is 5.59. The summed E-state index contributed by atoms with van der Waals surface area (Å²) >= 11 is 0. The van der Waals surface area contributed by atoms with Gasteiger partial charge in [-0.2, -0.15) is 0 Å². The molecule has 77 heavy (non-hydrogen) atoms. The van der Waals surface area contributed by atoms with Gasteiger partial charge in [0.2, 0.25) is 0 Å². The van der Waals surface area contributed by atoms with E-state index in [1.807, 2.05) is 12.1 Å². The zero-order chi connectivity index (χ0) is 50.4. The molecule has 3 heterocycles. The molecule has 2 aromatic heterocycles. The Labute approximate surface area is 445 Å². The van der Waals surface area contributed by atoms with E-state index in [2.05, 4.69) is 276 Å². The molecule has 0 unspecified atom stereocenters. The van der Waals surface area contributed by atoms with E-state index in [-0.39, 0.29) is 0 Å². The van der Waals surface area contributed by atoms with Gasteiger partial charge in [0.15, 0.2) is 0 Å². The normalized spacial score (nSPS) is 13.9. The van der Waals surface area contributed by atoms with Gasteiger partial charge in [-0.15, -0.1) is 0 Å². The van der Waals surface area contributed by atoms with Crippen molar-refractivity contribution in [3.63, 3.8) is 0 Å². The fourth-order valence-corrected chi connectivity index (χ4v) is 14.4. The van der Waals surface area contributed by atoms with Gasteiger partial charge in [0, 0.05) is 38.6 Å². The molecule has 17 rings (SSSR count). The second-order valence-corrected chi connectivity index (χ2v) is 21.0. The van der Waals surface area contributed by atoms with Gasteiger partial charge >= 0.3 is 0 Å². The summed E-state index contributed by atoms with van der Waals surface area (Å²) in [5.74, 6) is 0. The number of nitrogens with zero attached hydrogens (tertiary/aromatic N) is 2. The highest BCUT2D eigenvalue weighted by atomic mass is 16.3. The summed E-state index contributed by atoms with van der Waals surface area (Å²) in [5.41, 5.74) is 25.1. The van der Waals surface area contributed by atoms with Crippen LogP contribution in [0.4, 0.5) is 17.1 Å². The lowest BCUT2D eigenvalue weighted by Crippen LogP contribution is -2.33. The van der Waals surface area contributed by atoms with Gasteiger partial charge in [0.25, 0.3) is 0 Å². The van der Waals surface area contributed by atoms with Gasteiger partial charge in [0.1, 0.15) is 11.2 Å². The molecule has 2 aliphatic carbocycles. The van der Waals surface area contributed by atoms with Crippen LogP contribution >= 0.6 is 0 Å². The molecule has 3 aliphatic rings. The van der Waals surface area contributed by atoms with Crippen LogP contribution in [0.3, 0.4) is 0 Å². The van der Waals surface area contributed by atoms with E-state index in [4.69, 9.17) is 4.42 Å². The van der Waals surface area contributed by atoms with E-state index < -0.39 is 10.8 Å². The molecule has 14 aromatic rings. The van der Waals surface area contributed by atoms with Crippen LogP contribution in [0.25, 0.3) is 82.8 Å². The van der Waals surface area contributed by atoms with Crippen molar-refractivity contribution in [2.75, 3.05) is 4.90 Å². The molecule has 0 saturated heterocycles. The smallest absolute Gasteiger partial charge is 0.135 e. The van der Waals surface area contributed by atoms with Crippen LogP contribution in [-0.2, 0) is 10.8 Å². The molecule has 0 N–H and O–H groups in total. The quantitative estimate of drug-likeness (QED) is 0.166. The monoisotopic (exact) mass is 978 g/mol. The molecular formula is C74H46N2O. The van der Waals surface area contributed by atoms with Crippen LogP contribution < -0.4 is 4.90 Å². The summed E-state index contributed by atoms with van der Waals surface area (Å²) < 4.78 is 8.82. The van der Waals surface area contributed by atoms with Gasteiger partial charge in [0.05, 0.1) is 27.6 Å². The van der Waals surface area contributed by atoms with E-state index in [0.717, 1.165) is 50.1 Å². The summed E-state index contributed by atoms with van der Waals surface area (Å²) in [7, 11) is 0. The van der Waals surface area contributed by atoms with Gasteiger partial charge in [-0.3, -0.25) is 0 Å². The van der Waals surface area contributed by atoms with Crippen LogP contribution in [0.15, 0.2) is 283 Å². The highest BCUT2D eigenvalue weighted by Gasteiger charge is 2.51. The lowest BCUT2D eigenvalue weighted by Gasteiger charge is -2.40. The molecule has 358 valence electrons. The first-order chi connectivity index (χ1) is 38.2. The van der Waals surface area contributed by atoms with E-state index in [1.165, 1.54) is 94.3 Å². The number of anilines is 3. The van der Waals surface area contributed by atoms with E-state index in [9.17, 15) is 0 Å². The molecule has 0 saturated carbocycles. The van der Waals surface area contributed by atoms with Gasteiger partial charge in [-0.25, -0.2) is 0 Å². The van der Waals surface area contributed by atoms with Crippen LogP contribution in [0.2, 0.25) is 0 Å². The van der Waals surface area contributed by atoms with Crippen molar-refractivity contribution in [2.45, 2.75) is 10.8 Å². The van der Waals surface area contributed by atoms with Crippen molar-refractivity contribution in [3.05, 3.63) is 324 Å². The Bertz CT molecular complexity index is 4670. The molecule has 1 aliphatic heterocycles. The minimum absolute atomic E-state index is 0.572. The summed E-state index contributed by atoms with van der Waals surface area (Å²) in [6.45, 7) is 0. The first-order valence-corrected chi connectivity index (χ1v) is 26.7. The number of fused-ring (bicyclic) bond motifs is 18. The third-order valence-corrected chi connectivity index (χ3v) is 17.5. The maximum atomic E-state index is 6.27. The summed E-state index contributed by atoms with van der Waals surface area (Å²) in [6, 6.07) is 104. The predicted octanol–water partition coefficient (Wildman–Crippen LogP) is 18.9. The van der Waals surface area contributed by atoms with Crippen molar-refractivity contribution in [1.82, 2.24) is 4.57 Å². The average Bonchev–Trinajstić information content (AvgIpc) is 3.70. The molecule has 0 fully saturated rings. The molecule has 0 amide bonds. The number of hydrogen-bond donors (Lipinski definition) is 0. The standard InChI is InChI=1S/C74H46N2O/c1-3-18-49(19-4-1)73(50-20-5-2-6-21-50)62-28-12-7-24-56(62)57-41-39-52(45-66(57)73)75(51-37-34-47(35-38-51)48-36-43-71-61(44-48)59-26-11-16-33-70(59)77-71)53-40-42-69-67(46-53)74(63-29-13-8-22-54(63)55-23-9-14-30-64(55)74)65-31-17-27-60-58-25-10-15-32-68(58)76(69)72(60)65/h1-46H. The van der Waals surface area contributed by atoms with Gasteiger partial charge in [-0.05, 0) is 145 Å². The number of benzene rings is 12. The molecule has 0 bridgehead atoms. The van der Waals surface area contributed by atoms with Gasteiger partial charge < -0.3 is 13.9 Å². The van der Waals surface area contributed by atoms with Crippen molar-refractivity contribution >= 4 is 60.8 Å². The topological polar surface area (TPSA) is 21.3 Å². The summed E-state index contributed by atoms with van der Waals surface area (Å²) in [5, 5.41) is 4.78. The van der Waals surface area contributed by atoms with Crippen molar-refractivity contribution in [3.8, 4) is 39.1 Å². The Morgan fingerprint density at radius 2 is 0.805 bits per heavy atom. The van der Waals surface area contributed by atoms with Crippen molar-refractivity contribution in [2.24, 2.45) is 0 Å². The maximum absolute atomic E-state index is 6.27. The number of rotatable bonds is 6. The fraction of sp³-hybridized carbons (Fsp3) is 0.0270. The highest BCUT2D eigenvalue weighted by Crippen LogP contribution is 2.62. The second kappa shape index (κ2) is 15.8. The van der Waals surface area contributed by atoms with E-state index >= 15 is 0 Å². The molecule has 1 spiro atoms. The minimum Gasteiger partial charge on any atom is -0.456 e. The SMILES string of the molecule is c1ccc(C2(c3ccccc3)c3ccccc3-c3ccc(N(c4ccc(-c5ccc6oc7ccccc7c6c5)cc4)c4ccc5c(c4)C4(c6ccccc6-c6ccccc64)c4cccc6c7ccccc7n-5c46)cc32)cc1. The van der Waals surface area contributed by atoms with Gasteiger partial charge in [-0.1, -0.05) is 212 Å². The lowest BCUT2D eigenvalue weighted by molar-refractivity contribution is 0.669. The Morgan fingerprint density at radius 3 is 1.51 bits per heavy atom. The maximum Gasteiger partial charge on any atom is 0.135 e. The van der Waals surface area contributed by atoms with Crippen molar-refractivity contribution in [1.29, 1.82) is 0 Å². The van der Waals surface area contributed by atoms with Crippen molar-refractivity contribution < 1.29 is 4.42 Å². The largest absolute Gasteiger partial charge is 0.456 e. The Kier molecular flexibility index (Phi) is 8.69. The summed E-state index contributed by atoms with van der Waals surface area (Å²) in [4.78, 5) is 2.51. The minimum atomic E-state index is -0.608. The molecule has 3 heteroatoms. The molecule has 12 aromatic carbocycles.